The number of carbonyl (C=O) groups excluding carboxylic acids is 1. The molecule has 102 valence electrons. The fourth-order valence-corrected chi connectivity index (χ4v) is 2.98. The second-order valence-electron chi connectivity index (χ2n) is 5.41. The number of nitrogens with zero attached hydrogens (tertiary/aromatic N) is 2. The normalized spacial score (nSPS) is 19.5. The molecule has 0 aliphatic carbocycles. The van der Waals surface area contributed by atoms with Crippen LogP contribution in [0, 0.1) is 0 Å². The lowest BCUT2D eigenvalue weighted by molar-refractivity contribution is -0.116. The average Bonchev–Trinajstić information content (AvgIpc) is 2.83. The lowest BCUT2D eigenvalue weighted by Gasteiger charge is -2.27. The van der Waals surface area contributed by atoms with Crippen molar-refractivity contribution in [3.8, 4) is 0 Å². The van der Waals surface area contributed by atoms with E-state index in [0.717, 1.165) is 51.4 Å². The van der Waals surface area contributed by atoms with Crippen LogP contribution < -0.4 is 10.2 Å². The summed E-state index contributed by atoms with van der Waals surface area (Å²) >= 11 is 0. The number of rotatable bonds is 2. The lowest BCUT2D eigenvalue weighted by Crippen LogP contribution is -2.42. The monoisotopic (exact) mass is 259 g/mol. The number of piperazine rings is 1. The Kier molecular flexibility index (Phi) is 3.53. The topological polar surface area (TPSA) is 35.6 Å². The summed E-state index contributed by atoms with van der Waals surface area (Å²) in [6.07, 6.45) is 0.989. The molecule has 0 spiro atoms. The largest absolute Gasteiger partial charge is 0.314 e. The van der Waals surface area contributed by atoms with Crippen LogP contribution in [0.25, 0.3) is 0 Å². The molecule has 2 aliphatic heterocycles. The molecule has 4 nitrogen and oxygen atoms in total. The number of carbonyl (C=O) groups is 1. The van der Waals surface area contributed by atoms with Crippen molar-refractivity contribution in [3.05, 3.63) is 29.3 Å². The average molecular weight is 259 g/mol. The van der Waals surface area contributed by atoms with Gasteiger partial charge in [0.2, 0.25) is 5.91 Å². The number of benzene rings is 1. The van der Waals surface area contributed by atoms with E-state index in [0.29, 0.717) is 0 Å². The quantitative estimate of drug-likeness (QED) is 0.860. The highest BCUT2D eigenvalue weighted by Gasteiger charge is 2.22. The molecule has 0 radical (unpaired) electrons. The Balaban J connectivity index is 1.77. The van der Waals surface area contributed by atoms with Crippen LogP contribution in [0.3, 0.4) is 0 Å². The molecule has 0 aromatic heterocycles. The number of anilines is 1. The molecule has 3 rings (SSSR count). The van der Waals surface area contributed by atoms with E-state index in [1.807, 2.05) is 4.90 Å². The smallest absolute Gasteiger partial charge is 0.223 e. The van der Waals surface area contributed by atoms with Crippen LogP contribution in [0.15, 0.2) is 18.2 Å². The van der Waals surface area contributed by atoms with Gasteiger partial charge in [0.1, 0.15) is 0 Å². The number of hydrogen-bond donors (Lipinski definition) is 1. The van der Waals surface area contributed by atoms with Crippen molar-refractivity contribution in [2.75, 3.05) is 37.6 Å². The molecule has 4 heteroatoms. The van der Waals surface area contributed by atoms with Gasteiger partial charge in [-0.05, 0) is 23.6 Å². The third-order valence-electron chi connectivity index (χ3n) is 4.04. The molecule has 0 atom stereocenters. The lowest BCUT2D eigenvalue weighted by atomic mass is 10.1. The summed E-state index contributed by atoms with van der Waals surface area (Å²) in [5, 5.41) is 3.37. The van der Waals surface area contributed by atoms with Gasteiger partial charge in [0.15, 0.2) is 0 Å². The summed E-state index contributed by atoms with van der Waals surface area (Å²) in [7, 11) is 0. The fourth-order valence-electron chi connectivity index (χ4n) is 2.98. The Labute approximate surface area is 114 Å². The van der Waals surface area contributed by atoms with Crippen LogP contribution in [0.5, 0.6) is 0 Å². The summed E-state index contributed by atoms with van der Waals surface area (Å²) in [5.41, 5.74) is 3.74. The molecular weight excluding hydrogens is 238 g/mol. The van der Waals surface area contributed by atoms with E-state index in [4.69, 9.17) is 0 Å². The van der Waals surface area contributed by atoms with Gasteiger partial charge in [0.25, 0.3) is 0 Å². The number of fused-ring (bicyclic) bond motifs is 1. The van der Waals surface area contributed by atoms with Gasteiger partial charge in [0.05, 0.1) is 0 Å². The highest BCUT2D eigenvalue weighted by atomic mass is 16.2. The first-order chi connectivity index (χ1) is 9.24. The van der Waals surface area contributed by atoms with Gasteiger partial charge >= 0.3 is 0 Å². The van der Waals surface area contributed by atoms with Gasteiger partial charge in [0, 0.05) is 51.9 Å². The van der Waals surface area contributed by atoms with Crippen molar-refractivity contribution in [3.63, 3.8) is 0 Å². The van der Waals surface area contributed by atoms with Crippen LogP contribution in [-0.4, -0.2) is 43.5 Å². The molecule has 19 heavy (non-hydrogen) atoms. The minimum atomic E-state index is 0.151. The van der Waals surface area contributed by atoms with E-state index < -0.39 is 0 Å². The molecule has 0 bridgehead atoms. The van der Waals surface area contributed by atoms with Gasteiger partial charge < -0.3 is 10.2 Å². The standard InChI is InChI=1S/C15H21N3O/c1-12(19)18-7-4-14-3-2-13(10-15(14)18)11-17-8-5-16-6-9-17/h2-3,10,16H,4-9,11H2,1H3. The van der Waals surface area contributed by atoms with E-state index >= 15 is 0 Å². The molecular formula is C15H21N3O. The third-order valence-corrected chi connectivity index (χ3v) is 4.04. The molecule has 1 N–H and O–H groups in total. The Hall–Kier alpha value is -1.39. The van der Waals surface area contributed by atoms with Crippen molar-refractivity contribution in [1.82, 2.24) is 10.2 Å². The Morgan fingerprint density at radius 2 is 2.05 bits per heavy atom. The van der Waals surface area contributed by atoms with Crippen LogP contribution >= 0.6 is 0 Å². The van der Waals surface area contributed by atoms with Gasteiger partial charge in [-0.15, -0.1) is 0 Å². The minimum Gasteiger partial charge on any atom is -0.314 e. The third kappa shape index (κ3) is 2.65. The van der Waals surface area contributed by atoms with E-state index in [9.17, 15) is 4.79 Å². The predicted molar refractivity (Wildman–Crippen MR) is 76.3 cm³/mol. The molecule has 1 aromatic rings. The maximum atomic E-state index is 11.6. The summed E-state index contributed by atoms with van der Waals surface area (Å²) < 4.78 is 0. The molecule has 0 unspecified atom stereocenters. The van der Waals surface area contributed by atoms with E-state index in [1.165, 1.54) is 11.1 Å². The van der Waals surface area contributed by atoms with E-state index in [-0.39, 0.29) is 5.91 Å². The summed E-state index contributed by atoms with van der Waals surface area (Å²) in [6, 6.07) is 6.60. The highest BCUT2D eigenvalue weighted by molar-refractivity contribution is 5.93. The van der Waals surface area contributed by atoms with Crippen molar-refractivity contribution in [1.29, 1.82) is 0 Å². The van der Waals surface area contributed by atoms with Crippen molar-refractivity contribution < 1.29 is 4.79 Å². The highest BCUT2D eigenvalue weighted by Crippen LogP contribution is 2.29. The van der Waals surface area contributed by atoms with Crippen LogP contribution in [0.2, 0.25) is 0 Å². The van der Waals surface area contributed by atoms with Gasteiger partial charge in [-0.25, -0.2) is 0 Å². The summed E-state index contributed by atoms with van der Waals surface area (Å²) in [6.45, 7) is 7.83. The zero-order valence-corrected chi connectivity index (χ0v) is 11.5. The first-order valence-corrected chi connectivity index (χ1v) is 7.07. The first kappa shape index (κ1) is 12.6. The summed E-state index contributed by atoms with van der Waals surface area (Å²) in [4.78, 5) is 16.0. The second-order valence-corrected chi connectivity index (χ2v) is 5.41. The molecule has 0 saturated carbocycles. The van der Waals surface area contributed by atoms with Crippen molar-refractivity contribution >= 4 is 11.6 Å². The fraction of sp³-hybridized carbons (Fsp3) is 0.533. The Morgan fingerprint density at radius 1 is 1.26 bits per heavy atom. The van der Waals surface area contributed by atoms with Gasteiger partial charge in [-0.3, -0.25) is 9.69 Å². The molecule has 1 amide bonds. The van der Waals surface area contributed by atoms with Crippen LogP contribution in [-0.2, 0) is 17.8 Å². The molecule has 2 aliphatic rings. The Morgan fingerprint density at radius 3 is 2.79 bits per heavy atom. The number of amides is 1. The molecule has 1 aromatic carbocycles. The maximum absolute atomic E-state index is 11.6. The van der Waals surface area contributed by atoms with Crippen molar-refractivity contribution in [2.45, 2.75) is 19.9 Å². The van der Waals surface area contributed by atoms with E-state index in [1.54, 1.807) is 6.92 Å². The number of hydrogen-bond acceptors (Lipinski definition) is 3. The number of nitrogens with one attached hydrogen (secondary N) is 1. The SMILES string of the molecule is CC(=O)N1CCc2ccc(CN3CCNCC3)cc21. The minimum absolute atomic E-state index is 0.151. The van der Waals surface area contributed by atoms with Crippen LogP contribution in [0.1, 0.15) is 18.1 Å². The molecule has 1 fully saturated rings. The first-order valence-electron chi connectivity index (χ1n) is 7.07. The van der Waals surface area contributed by atoms with Crippen LogP contribution in [0.4, 0.5) is 5.69 Å². The second kappa shape index (κ2) is 5.31. The van der Waals surface area contributed by atoms with Gasteiger partial charge in [-0.1, -0.05) is 12.1 Å². The zero-order valence-electron chi connectivity index (χ0n) is 11.5. The predicted octanol–water partition coefficient (Wildman–Crippen LogP) is 1.00. The van der Waals surface area contributed by atoms with Gasteiger partial charge in [-0.2, -0.15) is 0 Å². The zero-order chi connectivity index (χ0) is 13.2. The maximum Gasteiger partial charge on any atom is 0.223 e. The summed E-state index contributed by atoms with van der Waals surface area (Å²) in [5.74, 6) is 0.151. The molecule has 1 saturated heterocycles. The Bertz CT molecular complexity index is 480. The van der Waals surface area contributed by atoms with Crippen molar-refractivity contribution in [2.24, 2.45) is 0 Å². The molecule has 2 heterocycles. The van der Waals surface area contributed by atoms with E-state index in [2.05, 4.69) is 28.4 Å².